The van der Waals surface area contributed by atoms with Gasteiger partial charge in [0.1, 0.15) is 29.5 Å². The van der Waals surface area contributed by atoms with Crippen LogP contribution in [0, 0.1) is 5.82 Å². The Morgan fingerprint density at radius 2 is 2.00 bits per heavy atom. The van der Waals surface area contributed by atoms with Gasteiger partial charge in [0.15, 0.2) is 0 Å². The summed E-state index contributed by atoms with van der Waals surface area (Å²) in [4.78, 5) is 8.68. The number of halogens is 2. The molecule has 0 amide bonds. The molecule has 4 rings (SSSR count). The Bertz CT molecular complexity index is 1210. The number of benzene rings is 2. The average Bonchev–Trinajstić information content (AvgIpc) is 3.23. The molecule has 0 spiro atoms. The summed E-state index contributed by atoms with van der Waals surface area (Å²) >= 11 is 5.89. The van der Waals surface area contributed by atoms with Gasteiger partial charge in [-0.15, -0.1) is 0 Å². The van der Waals surface area contributed by atoms with Crippen molar-refractivity contribution in [2.45, 2.75) is 13.5 Å². The summed E-state index contributed by atoms with van der Waals surface area (Å²) in [7, 11) is 0. The van der Waals surface area contributed by atoms with E-state index in [4.69, 9.17) is 16.0 Å². The lowest BCUT2D eigenvalue weighted by atomic mass is 10.1. The van der Waals surface area contributed by atoms with Crippen LogP contribution in [0.15, 0.2) is 71.4 Å². The van der Waals surface area contributed by atoms with Crippen LogP contribution in [0.5, 0.6) is 0 Å². The van der Waals surface area contributed by atoms with Crippen LogP contribution >= 0.6 is 11.6 Å². The molecule has 2 heterocycles. The third-order valence-corrected chi connectivity index (χ3v) is 4.85. The minimum Gasteiger partial charge on any atom is -0.460 e. The van der Waals surface area contributed by atoms with Crippen LogP contribution in [0.3, 0.4) is 0 Å². The fourth-order valence-corrected chi connectivity index (χ4v) is 3.23. The number of furan rings is 1. The highest BCUT2D eigenvalue weighted by Crippen LogP contribution is 2.30. The standard InChI is InChI=1S/C23H20ClFN4O/c1-2-3-10-26-13-17-6-9-22(30-17)15-4-8-21-18(11-15)23(28-14-27-21)29-16-5-7-20(25)19(24)12-16/h2-9,11-12,14,26H,10,13H2,1H3,(H,27,28,29). The van der Waals surface area contributed by atoms with E-state index in [0.29, 0.717) is 18.1 Å². The molecule has 5 nitrogen and oxygen atoms in total. The van der Waals surface area contributed by atoms with Gasteiger partial charge in [-0.2, -0.15) is 0 Å². The molecule has 0 aliphatic carbocycles. The van der Waals surface area contributed by atoms with Crippen LogP contribution in [-0.2, 0) is 6.54 Å². The number of nitrogens with zero attached hydrogens (tertiary/aromatic N) is 2. The predicted molar refractivity (Wildman–Crippen MR) is 118 cm³/mol. The molecule has 152 valence electrons. The van der Waals surface area contributed by atoms with E-state index in [-0.39, 0.29) is 5.02 Å². The molecular formula is C23H20ClFN4O. The second-order valence-electron chi connectivity index (χ2n) is 6.67. The van der Waals surface area contributed by atoms with E-state index in [9.17, 15) is 4.39 Å². The first-order valence-corrected chi connectivity index (χ1v) is 9.89. The van der Waals surface area contributed by atoms with E-state index in [1.54, 1.807) is 6.07 Å². The maximum absolute atomic E-state index is 13.4. The van der Waals surface area contributed by atoms with Gasteiger partial charge in [0.2, 0.25) is 0 Å². The largest absolute Gasteiger partial charge is 0.460 e. The van der Waals surface area contributed by atoms with Gasteiger partial charge in [-0.05, 0) is 55.5 Å². The van der Waals surface area contributed by atoms with E-state index < -0.39 is 5.82 Å². The molecular weight excluding hydrogens is 403 g/mol. The van der Waals surface area contributed by atoms with Gasteiger partial charge < -0.3 is 15.1 Å². The summed E-state index contributed by atoms with van der Waals surface area (Å²) in [5, 5.41) is 7.35. The monoisotopic (exact) mass is 422 g/mol. The summed E-state index contributed by atoms with van der Waals surface area (Å²) in [6.45, 7) is 3.44. The molecule has 4 aromatic rings. The zero-order valence-corrected chi connectivity index (χ0v) is 17.1. The minimum absolute atomic E-state index is 0.0465. The van der Waals surface area contributed by atoms with Gasteiger partial charge in [-0.25, -0.2) is 14.4 Å². The van der Waals surface area contributed by atoms with Crippen molar-refractivity contribution >= 4 is 34.0 Å². The Morgan fingerprint density at radius 3 is 2.83 bits per heavy atom. The highest BCUT2D eigenvalue weighted by Gasteiger charge is 2.10. The second-order valence-corrected chi connectivity index (χ2v) is 7.08. The van der Waals surface area contributed by atoms with Gasteiger partial charge in [-0.1, -0.05) is 23.8 Å². The molecule has 0 unspecified atom stereocenters. The van der Waals surface area contributed by atoms with Crippen molar-refractivity contribution in [2.75, 3.05) is 11.9 Å². The number of fused-ring (bicyclic) bond motifs is 1. The molecule has 0 aliphatic heterocycles. The molecule has 2 N–H and O–H groups in total. The quantitative estimate of drug-likeness (QED) is 0.278. The molecule has 30 heavy (non-hydrogen) atoms. The molecule has 0 aliphatic rings. The van der Waals surface area contributed by atoms with E-state index in [2.05, 4.69) is 26.7 Å². The van der Waals surface area contributed by atoms with E-state index in [1.807, 2.05) is 43.3 Å². The predicted octanol–water partition coefficient (Wildman–Crippen LogP) is 6.09. The molecule has 0 saturated heterocycles. The van der Waals surface area contributed by atoms with Crippen molar-refractivity contribution in [3.8, 4) is 11.3 Å². The van der Waals surface area contributed by atoms with E-state index >= 15 is 0 Å². The Hall–Kier alpha value is -3.22. The number of rotatable bonds is 7. The van der Waals surface area contributed by atoms with Gasteiger partial charge in [0.05, 0.1) is 17.1 Å². The van der Waals surface area contributed by atoms with Crippen LogP contribution in [0.4, 0.5) is 15.9 Å². The SMILES string of the molecule is CC=CCNCc1ccc(-c2ccc3ncnc(Nc4ccc(F)c(Cl)c4)c3c2)o1. The van der Waals surface area contributed by atoms with Gasteiger partial charge in [0, 0.05) is 23.2 Å². The highest BCUT2D eigenvalue weighted by atomic mass is 35.5. The number of hydrogen-bond donors (Lipinski definition) is 2. The number of anilines is 2. The molecule has 2 aromatic carbocycles. The first kappa shape index (κ1) is 20.1. The number of nitrogens with one attached hydrogen (secondary N) is 2. The van der Waals surface area contributed by atoms with Crippen LogP contribution in [0.2, 0.25) is 5.02 Å². The van der Waals surface area contributed by atoms with E-state index in [0.717, 1.165) is 34.5 Å². The van der Waals surface area contributed by atoms with Crippen LogP contribution in [0.25, 0.3) is 22.2 Å². The van der Waals surface area contributed by atoms with Crippen molar-refractivity contribution in [1.29, 1.82) is 0 Å². The third kappa shape index (κ3) is 4.50. The van der Waals surface area contributed by atoms with Crippen LogP contribution in [0.1, 0.15) is 12.7 Å². The maximum Gasteiger partial charge on any atom is 0.141 e. The summed E-state index contributed by atoms with van der Waals surface area (Å²) in [5.74, 6) is 1.76. The average molecular weight is 423 g/mol. The fourth-order valence-electron chi connectivity index (χ4n) is 3.04. The first-order valence-electron chi connectivity index (χ1n) is 9.52. The van der Waals surface area contributed by atoms with Crippen LogP contribution < -0.4 is 10.6 Å². The van der Waals surface area contributed by atoms with Crippen LogP contribution in [-0.4, -0.2) is 16.5 Å². The minimum atomic E-state index is -0.467. The number of allylic oxidation sites excluding steroid dienone is 1. The topological polar surface area (TPSA) is 63.0 Å². The molecule has 0 saturated carbocycles. The Morgan fingerprint density at radius 1 is 1.10 bits per heavy atom. The van der Waals surface area contributed by atoms with E-state index in [1.165, 1.54) is 18.5 Å². The lowest BCUT2D eigenvalue weighted by Gasteiger charge is -2.10. The van der Waals surface area contributed by atoms with Crippen molar-refractivity contribution in [1.82, 2.24) is 15.3 Å². The summed E-state index contributed by atoms with van der Waals surface area (Å²) in [6.07, 6.45) is 5.54. The molecule has 7 heteroatoms. The zero-order valence-electron chi connectivity index (χ0n) is 16.3. The smallest absolute Gasteiger partial charge is 0.141 e. The summed E-state index contributed by atoms with van der Waals surface area (Å²) in [5.41, 5.74) is 2.33. The van der Waals surface area contributed by atoms with Gasteiger partial charge >= 0.3 is 0 Å². The first-order chi connectivity index (χ1) is 14.6. The summed E-state index contributed by atoms with van der Waals surface area (Å²) < 4.78 is 19.4. The highest BCUT2D eigenvalue weighted by molar-refractivity contribution is 6.31. The molecule has 2 aromatic heterocycles. The Balaban J connectivity index is 1.61. The summed E-state index contributed by atoms with van der Waals surface area (Å²) in [6, 6.07) is 14.2. The Kier molecular flexibility index (Phi) is 6.07. The molecule has 0 bridgehead atoms. The van der Waals surface area contributed by atoms with Gasteiger partial charge in [0.25, 0.3) is 0 Å². The number of hydrogen-bond acceptors (Lipinski definition) is 5. The Labute approximate surface area is 178 Å². The van der Waals surface area contributed by atoms with Crippen molar-refractivity contribution in [3.05, 3.63) is 83.6 Å². The molecule has 0 fully saturated rings. The lowest BCUT2D eigenvalue weighted by Crippen LogP contribution is -2.11. The third-order valence-electron chi connectivity index (χ3n) is 4.56. The van der Waals surface area contributed by atoms with Crippen molar-refractivity contribution in [2.24, 2.45) is 0 Å². The molecule has 0 atom stereocenters. The fraction of sp³-hybridized carbons (Fsp3) is 0.130. The lowest BCUT2D eigenvalue weighted by molar-refractivity contribution is 0.502. The normalized spacial score (nSPS) is 11.4. The van der Waals surface area contributed by atoms with Crippen molar-refractivity contribution in [3.63, 3.8) is 0 Å². The maximum atomic E-state index is 13.4. The number of aromatic nitrogens is 2. The zero-order chi connectivity index (χ0) is 20.9. The molecule has 0 radical (unpaired) electrons. The second kappa shape index (κ2) is 9.07. The van der Waals surface area contributed by atoms with Crippen molar-refractivity contribution < 1.29 is 8.81 Å². The van der Waals surface area contributed by atoms with Gasteiger partial charge in [-0.3, -0.25) is 0 Å².